The molecule has 2 aromatic carbocycles. The standard InChI is InChI=1S/C17H19N3O4S/c1-12-6-4-8-14(10-12)23-16-18-25(21,22)19-17(20(16)3)24-15-9-5-7-13(2)11-15/h4-11,16,18H,1-3H3. The van der Waals surface area contributed by atoms with Crippen molar-refractivity contribution in [1.29, 1.82) is 0 Å². The number of nitrogens with one attached hydrogen (secondary N) is 1. The predicted octanol–water partition coefficient (Wildman–Crippen LogP) is 2.18. The first-order valence-corrected chi connectivity index (χ1v) is 9.09. The molecule has 0 spiro atoms. The number of aryl methyl sites for hydroxylation is 2. The summed E-state index contributed by atoms with van der Waals surface area (Å²) < 4.78 is 41.5. The Bertz CT molecular complexity index is 912. The van der Waals surface area contributed by atoms with Crippen molar-refractivity contribution in [2.75, 3.05) is 7.05 Å². The van der Waals surface area contributed by atoms with E-state index in [9.17, 15) is 8.42 Å². The first-order valence-electron chi connectivity index (χ1n) is 7.65. The number of hydrogen-bond acceptors (Lipinski definition) is 5. The van der Waals surface area contributed by atoms with E-state index in [-0.39, 0.29) is 6.02 Å². The van der Waals surface area contributed by atoms with Gasteiger partial charge in [0.1, 0.15) is 11.5 Å². The number of hydrogen-bond donors (Lipinski definition) is 1. The predicted molar refractivity (Wildman–Crippen MR) is 94.7 cm³/mol. The lowest BCUT2D eigenvalue weighted by molar-refractivity contribution is 0.0697. The fraction of sp³-hybridized carbons (Fsp3) is 0.235. The van der Waals surface area contributed by atoms with Gasteiger partial charge in [0.2, 0.25) is 6.35 Å². The van der Waals surface area contributed by atoms with E-state index in [4.69, 9.17) is 9.47 Å². The maximum Gasteiger partial charge on any atom is 0.328 e. The molecule has 0 fully saturated rings. The number of ether oxygens (including phenoxy) is 2. The summed E-state index contributed by atoms with van der Waals surface area (Å²) in [6.45, 7) is 3.84. The van der Waals surface area contributed by atoms with E-state index in [1.807, 2.05) is 44.2 Å². The quantitative estimate of drug-likeness (QED) is 0.906. The summed E-state index contributed by atoms with van der Waals surface area (Å²) in [6.07, 6.45) is -0.968. The highest BCUT2D eigenvalue weighted by molar-refractivity contribution is 7.88. The van der Waals surface area contributed by atoms with Crippen LogP contribution in [-0.4, -0.2) is 32.7 Å². The zero-order chi connectivity index (χ0) is 18.0. The molecule has 1 heterocycles. The fourth-order valence-electron chi connectivity index (χ4n) is 2.30. The lowest BCUT2D eigenvalue weighted by atomic mass is 10.2. The number of benzene rings is 2. The van der Waals surface area contributed by atoms with Crippen molar-refractivity contribution in [3.8, 4) is 11.5 Å². The summed E-state index contributed by atoms with van der Waals surface area (Å²) in [7, 11) is -2.29. The molecule has 2 aromatic rings. The highest BCUT2D eigenvalue weighted by atomic mass is 32.2. The van der Waals surface area contributed by atoms with Crippen molar-refractivity contribution in [3.63, 3.8) is 0 Å². The topological polar surface area (TPSA) is 80.2 Å². The van der Waals surface area contributed by atoms with Crippen molar-refractivity contribution < 1.29 is 17.9 Å². The second kappa shape index (κ2) is 6.73. The van der Waals surface area contributed by atoms with E-state index in [0.717, 1.165) is 11.1 Å². The van der Waals surface area contributed by atoms with Crippen LogP contribution >= 0.6 is 0 Å². The lowest BCUT2D eigenvalue weighted by Crippen LogP contribution is -2.57. The van der Waals surface area contributed by atoms with E-state index >= 15 is 0 Å². The maximum atomic E-state index is 12.0. The highest BCUT2D eigenvalue weighted by Crippen LogP contribution is 2.19. The van der Waals surface area contributed by atoms with Crippen LogP contribution in [0.25, 0.3) is 0 Å². The summed E-state index contributed by atoms with van der Waals surface area (Å²) in [6, 6.07) is 14.5. The Labute approximate surface area is 147 Å². The Kier molecular flexibility index (Phi) is 4.65. The van der Waals surface area contributed by atoms with Gasteiger partial charge < -0.3 is 9.47 Å². The molecule has 0 saturated heterocycles. The van der Waals surface area contributed by atoms with Crippen LogP contribution in [0.15, 0.2) is 52.9 Å². The Morgan fingerprint density at radius 1 is 1.04 bits per heavy atom. The van der Waals surface area contributed by atoms with Crippen LogP contribution in [0.4, 0.5) is 0 Å². The van der Waals surface area contributed by atoms with Gasteiger partial charge in [-0.2, -0.15) is 8.42 Å². The number of amidine groups is 1. The SMILES string of the molecule is Cc1cccc(OC2=NS(=O)(=O)NC(Oc3cccc(C)c3)N2C)c1. The monoisotopic (exact) mass is 361 g/mol. The molecule has 7 nitrogen and oxygen atoms in total. The van der Waals surface area contributed by atoms with E-state index in [1.54, 1.807) is 25.2 Å². The highest BCUT2D eigenvalue weighted by Gasteiger charge is 2.33. The van der Waals surface area contributed by atoms with Crippen LogP contribution in [0, 0.1) is 13.8 Å². The molecule has 0 aliphatic carbocycles. The van der Waals surface area contributed by atoms with Gasteiger partial charge in [0, 0.05) is 7.05 Å². The van der Waals surface area contributed by atoms with Crippen molar-refractivity contribution in [3.05, 3.63) is 59.7 Å². The Balaban J connectivity index is 1.84. The van der Waals surface area contributed by atoms with E-state index in [0.29, 0.717) is 11.5 Å². The zero-order valence-electron chi connectivity index (χ0n) is 14.1. The minimum atomic E-state index is -3.93. The molecule has 0 amide bonds. The van der Waals surface area contributed by atoms with Crippen LogP contribution in [0.1, 0.15) is 11.1 Å². The van der Waals surface area contributed by atoms with Gasteiger partial charge in [-0.3, -0.25) is 4.90 Å². The van der Waals surface area contributed by atoms with Gasteiger partial charge >= 0.3 is 16.2 Å². The molecule has 1 atom stereocenters. The lowest BCUT2D eigenvalue weighted by Gasteiger charge is -2.32. The number of nitrogens with zero attached hydrogens (tertiary/aromatic N) is 2. The normalized spacial score (nSPS) is 19.2. The van der Waals surface area contributed by atoms with Gasteiger partial charge in [-0.15, -0.1) is 4.72 Å². The van der Waals surface area contributed by atoms with E-state index in [1.165, 1.54) is 4.90 Å². The molecular weight excluding hydrogens is 342 g/mol. The zero-order valence-corrected chi connectivity index (χ0v) is 14.9. The van der Waals surface area contributed by atoms with Gasteiger partial charge in [0.05, 0.1) is 0 Å². The van der Waals surface area contributed by atoms with E-state index < -0.39 is 16.6 Å². The fourth-order valence-corrected chi connectivity index (χ4v) is 3.18. The molecule has 0 saturated carbocycles. The Morgan fingerprint density at radius 2 is 1.64 bits per heavy atom. The molecule has 1 aliphatic rings. The molecular formula is C17H19N3O4S. The van der Waals surface area contributed by atoms with E-state index in [2.05, 4.69) is 9.12 Å². The molecule has 0 aromatic heterocycles. The van der Waals surface area contributed by atoms with Crippen molar-refractivity contribution in [2.24, 2.45) is 4.40 Å². The molecule has 1 aliphatic heterocycles. The molecule has 0 bridgehead atoms. The van der Waals surface area contributed by atoms with Gasteiger partial charge in [0.15, 0.2) is 0 Å². The Hall–Kier alpha value is -2.58. The summed E-state index contributed by atoms with van der Waals surface area (Å²) in [4.78, 5) is 1.48. The van der Waals surface area contributed by atoms with Crippen molar-refractivity contribution in [2.45, 2.75) is 20.2 Å². The number of rotatable bonds is 3. The minimum absolute atomic E-state index is 0.0676. The third kappa shape index (κ3) is 4.28. The van der Waals surface area contributed by atoms with Gasteiger partial charge in [-0.05, 0) is 49.2 Å². The third-order valence-corrected chi connectivity index (χ3v) is 4.43. The first-order chi connectivity index (χ1) is 11.8. The van der Waals surface area contributed by atoms with Crippen molar-refractivity contribution in [1.82, 2.24) is 9.62 Å². The van der Waals surface area contributed by atoms with Crippen LogP contribution < -0.4 is 14.2 Å². The molecule has 1 N–H and O–H groups in total. The maximum absolute atomic E-state index is 12.0. The summed E-state index contributed by atoms with van der Waals surface area (Å²) >= 11 is 0. The van der Waals surface area contributed by atoms with Crippen LogP contribution in [0.2, 0.25) is 0 Å². The smallest absolute Gasteiger partial charge is 0.328 e. The minimum Gasteiger partial charge on any atom is -0.456 e. The molecule has 3 rings (SSSR count). The van der Waals surface area contributed by atoms with Gasteiger partial charge in [-0.25, -0.2) is 0 Å². The van der Waals surface area contributed by atoms with Crippen LogP contribution in [0.5, 0.6) is 11.5 Å². The van der Waals surface area contributed by atoms with Gasteiger partial charge in [-0.1, -0.05) is 28.7 Å². The summed E-state index contributed by atoms with van der Waals surface area (Å²) in [5, 5.41) is 0. The van der Waals surface area contributed by atoms with Crippen LogP contribution in [0.3, 0.4) is 0 Å². The average Bonchev–Trinajstić information content (AvgIpc) is 2.51. The first kappa shape index (κ1) is 17.2. The largest absolute Gasteiger partial charge is 0.456 e. The van der Waals surface area contributed by atoms with Crippen molar-refractivity contribution >= 4 is 16.2 Å². The third-order valence-electron chi connectivity index (χ3n) is 3.54. The second-order valence-corrected chi connectivity index (χ2v) is 7.15. The molecule has 1 unspecified atom stereocenters. The Morgan fingerprint density at radius 3 is 2.28 bits per heavy atom. The summed E-state index contributed by atoms with van der Waals surface area (Å²) in [5.41, 5.74) is 1.99. The molecule has 132 valence electrons. The summed E-state index contributed by atoms with van der Waals surface area (Å²) in [5.74, 6) is 1.04. The van der Waals surface area contributed by atoms with Gasteiger partial charge in [0.25, 0.3) is 0 Å². The molecule has 0 radical (unpaired) electrons. The second-order valence-electron chi connectivity index (χ2n) is 5.78. The average molecular weight is 361 g/mol. The molecule has 8 heteroatoms. The molecule has 25 heavy (non-hydrogen) atoms. The van der Waals surface area contributed by atoms with Crippen LogP contribution in [-0.2, 0) is 10.2 Å².